The number of amides is 1. The van der Waals surface area contributed by atoms with Crippen molar-refractivity contribution in [1.82, 2.24) is 10.2 Å². The predicted octanol–water partition coefficient (Wildman–Crippen LogP) is 2.02. The van der Waals surface area contributed by atoms with Crippen molar-refractivity contribution >= 4 is 5.91 Å². The highest BCUT2D eigenvalue weighted by molar-refractivity contribution is 5.76. The maximum Gasteiger partial charge on any atom is 0.222 e. The zero-order valence-corrected chi connectivity index (χ0v) is 11.2. The first-order valence-electron chi connectivity index (χ1n) is 7.17. The van der Waals surface area contributed by atoms with E-state index in [2.05, 4.69) is 24.1 Å². The summed E-state index contributed by atoms with van der Waals surface area (Å²) in [7, 11) is 0. The van der Waals surface area contributed by atoms with Crippen molar-refractivity contribution in [2.24, 2.45) is 11.8 Å². The summed E-state index contributed by atoms with van der Waals surface area (Å²) < 4.78 is 0. The van der Waals surface area contributed by atoms with Crippen LogP contribution in [0.4, 0.5) is 0 Å². The molecule has 0 saturated carbocycles. The number of piperidine rings is 1. The van der Waals surface area contributed by atoms with Crippen molar-refractivity contribution in [1.29, 1.82) is 0 Å². The van der Waals surface area contributed by atoms with E-state index < -0.39 is 0 Å². The third kappa shape index (κ3) is 3.44. The lowest BCUT2D eigenvalue weighted by Gasteiger charge is -2.25. The second kappa shape index (κ2) is 5.85. The fourth-order valence-corrected chi connectivity index (χ4v) is 3.29. The molecule has 0 aromatic heterocycles. The molecule has 2 heterocycles. The highest BCUT2D eigenvalue weighted by atomic mass is 16.2. The Morgan fingerprint density at radius 1 is 1.41 bits per heavy atom. The summed E-state index contributed by atoms with van der Waals surface area (Å²) in [6.07, 6.45) is 5.58. The van der Waals surface area contributed by atoms with Gasteiger partial charge in [0.25, 0.3) is 0 Å². The van der Waals surface area contributed by atoms with Gasteiger partial charge in [-0.15, -0.1) is 0 Å². The quantitative estimate of drug-likeness (QED) is 0.816. The van der Waals surface area contributed by atoms with Crippen LogP contribution in [0.3, 0.4) is 0 Å². The Balaban J connectivity index is 1.73. The van der Waals surface area contributed by atoms with Gasteiger partial charge in [-0.1, -0.05) is 6.92 Å². The fourth-order valence-electron chi connectivity index (χ4n) is 3.29. The van der Waals surface area contributed by atoms with Crippen molar-refractivity contribution in [3.05, 3.63) is 0 Å². The molecule has 3 atom stereocenters. The van der Waals surface area contributed by atoms with E-state index in [9.17, 15) is 4.79 Å². The molecule has 3 unspecified atom stereocenters. The molecule has 17 heavy (non-hydrogen) atoms. The standard InChI is InChI=1S/C14H26N2O/c1-11-8-12(2)16(10-11)14(17)6-5-13-4-3-7-15-9-13/h11-13,15H,3-10H2,1-2H3. The minimum absolute atomic E-state index is 0.382. The molecule has 0 aliphatic carbocycles. The van der Waals surface area contributed by atoms with Gasteiger partial charge in [0.2, 0.25) is 5.91 Å². The lowest BCUT2D eigenvalue weighted by molar-refractivity contribution is -0.132. The van der Waals surface area contributed by atoms with E-state index in [1.165, 1.54) is 19.3 Å². The number of nitrogens with zero attached hydrogens (tertiary/aromatic N) is 1. The second-order valence-corrected chi connectivity index (χ2v) is 5.99. The van der Waals surface area contributed by atoms with E-state index in [0.717, 1.165) is 38.4 Å². The molecular weight excluding hydrogens is 212 g/mol. The Bertz CT molecular complexity index is 261. The molecule has 0 aromatic rings. The first-order chi connectivity index (χ1) is 8.16. The largest absolute Gasteiger partial charge is 0.340 e. The minimum Gasteiger partial charge on any atom is -0.340 e. The van der Waals surface area contributed by atoms with Crippen LogP contribution in [-0.4, -0.2) is 36.5 Å². The average Bonchev–Trinajstić information content (AvgIpc) is 2.67. The van der Waals surface area contributed by atoms with Crippen molar-refractivity contribution in [3.63, 3.8) is 0 Å². The van der Waals surface area contributed by atoms with Gasteiger partial charge in [0, 0.05) is 19.0 Å². The van der Waals surface area contributed by atoms with Gasteiger partial charge in [-0.2, -0.15) is 0 Å². The van der Waals surface area contributed by atoms with E-state index in [4.69, 9.17) is 0 Å². The Hall–Kier alpha value is -0.570. The van der Waals surface area contributed by atoms with Crippen LogP contribution in [-0.2, 0) is 4.79 Å². The highest BCUT2D eigenvalue weighted by Crippen LogP contribution is 2.24. The van der Waals surface area contributed by atoms with Crippen LogP contribution in [0, 0.1) is 11.8 Å². The minimum atomic E-state index is 0.382. The highest BCUT2D eigenvalue weighted by Gasteiger charge is 2.29. The molecule has 1 amide bonds. The SMILES string of the molecule is CC1CC(C)N(C(=O)CCC2CCCNC2)C1. The summed E-state index contributed by atoms with van der Waals surface area (Å²) in [4.78, 5) is 14.2. The molecule has 3 heteroatoms. The maximum atomic E-state index is 12.1. The topological polar surface area (TPSA) is 32.3 Å². The van der Waals surface area contributed by atoms with Crippen LogP contribution in [0.2, 0.25) is 0 Å². The predicted molar refractivity (Wildman–Crippen MR) is 69.8 cm³/mol. The van der Waals surface area contributed by atoms with Gasteiger partial charge < -0.3 is 10.2 Å². The van der Waals surface area contributed by atoms with Crippen LogP contribution < -0.4 is 5.32 Å². The number of likely N-dealkylation sites (tertiary alicyclic amines) is 1. The monoisotopic (exact) mass is 238 g/mol. The maximum absolute atomic E-state index is 12.1. The lowest BCUT2D eigenvalue weighted by atomic mass is 9.94. The molecule has 0 aromatic carbocycles. The molecule has 2 saturated heterocycles. The van der Waals surface area contributed by atoms with E-state index in [1.807, 2.05) is 0 Å². The number of nitrogens with one attached hydrogen (secondary N) is 1. The summed E-state index contributed by atoms with van der Waals surface area (Å²) in [6, 6.07) is 0.460. The van der Waals surface area contributed by atoms with Crippen LogP contribution in [0.5, 0.6) is 0 Å². The van der Waals surface area contributed by atoms with Crippen LogP contribution >= 0.6 is 0 Å². The van der Waals surface area contributed by atoms with Gasteiger partial charge in [0.15, 0.2) is 0 Å². The zero-order chi connectivity index (χ0) is 12.3. The van der Waals surface area contributed by atoms with E-state index >= 15 is 0 Å². The molecule has 2 fully saturated rings. The van der Waals surface area contributed by atoms with Gasteiger partial charge in [-0.25, -0.2) is 0 Å². The molecule has 0 bridgehead atoms. The molecule has 0 spiro atoms. The fraction of sp³-hybridized carbons (Fsp3) is 0.929. The molecule has 3 nitrogen and oxygen atoms in total. The molecule has 2 aliphatic rings. The Kier molecular flexibility index (Phi) is 4.43. The number of rotatable bonds is 3. The first-order valence-corrected chi connectivity index (χ1v) is 7.17. The smallest absolute Gasteiger partial charge is 0.222 e. The third-order valence-corrected chi connectivity index (χ3v) is 4.27. The van der Waals surface area contributed by atoms with Gasteiger partial charge in [-0.05, 0) is 57.5 Å². The van der Waals surface area contributed by atoms with Crippen LogP contribution in [0.1, 0.15) is 46.0 Å². The molecule has 1 N–H and O–H groups in total. The molecule has 98 valence electrons. The van der Waals surface area contributed by atoms with Gasteiger partial charge in [-0.3, -0.25) is 4.79 Å². The summed E-state index contributed by atoms with van der Waals surface area (Å²) in [5.41, 5.74) is 0. The van der Waals surface area contributed by atoms with Gasteiger partial charge >= 0.3 is 0 Å². The average molecular weight is 238 g/mol. The zero-order valence-electron chi connectivity index (χ0n) is 11.2. The van der Waals surface area contributed by atoms with Crippen molar-refractivity contribution < 1.29 is 4.79 Å². The Labute approximate surface area is 105 Å². The third-order valence-electron chi connectivity index (χ3n) is 4.27. The first kappa shape index (κ1) is 12.9. The van der Waals surface area contributed by atoms with Crippen molar-refractivity contribution in [3.8, 4) is 0 Å². The number of hydrogen-bond donors (Lipinski definition) is 1. The van der Waals surface area contributed by atoms with Crippen molar-refractivity contribution in [2.75, 3.05) is 19.6 Å². The van der Waals surface area contributed by atoms with E-state index in [0.29, 0.717) is 17.9 Å². The van der Waals surface area contributed by atoms with Crippen molar-refractivity contribution in [2.45, 2.75) is 52.0 Å². The van der Waals surface area contributed by atoms with Gasteiger partial charge in [0.1, 0.15) is 0 Å². The number of carbonyl (C=O) groups is 1. The molecule has 2 rings (SSSR count). The Morgan fingerprint density at radius 2 is 2.24 bits per heavy atom. The second-order valence-electron chi connectivity index (χ2n) is 5.99. The summed E-state index contributed by atoms with van der Waals surface area (Å²) in [6.45, 7) is 7.67. The van der Waals surface area contributed by atoms with Crippen LogP contribution in [0.25, 0.3) is 0 Å². The summed E-state index contributed by atoms with van der Waals surface area (Å²) in [5.74, 6) is 1.79. The number of carbonyl (C=O) groups excluding carboxylic acids is 1. The summed E-state index contributed by atoms with van der Waals surface area (Å²) >= 11 is 0. The molecule has 0 radical (unpaired) electrons. The van der Waals surface area contributed by atoms with E-state index in [-0.39, 0.29) is 0 Å². The summed E-state index contributed by atoms with van der Waals surface area (Å²) in [5, 5.41) is 3.42. The molecular formula is C14H26N2O. The van der Waals surface area contributed by atoms with E-state index in [1.54, 1.807) is 0 Å². The normalized spacial score (nSPS) is 34.0. The number of hydrogen-bond acceptors (Lipinski definition) is 2. The van der Waals surface area contributed by atoms with Crippen LogP contribution in [0.15, 0.2) is 0 Å². The van der Waals surface area contributed by atoms with Gasteiger partial charge in [0.05, 0.1) is 0 Å². The Morgan fingerprint density at radius 3 is 2.82 bits per heavy atom. The molecule has 2 aliphatic heterocycles. The lowest BCUT2D eigenvalue weighted by Crippen LogP contribution is -2.35.